The first-order valence-electron chi connectivity index (χ1n) is 8.92. The molecule has 0 saturated carbocycles. The molecule has 2 aromatic carbocycles. The van der Waals surface area contributed by atoms with Gasteiger partial charge in [-0.1, -0.05) is 23.8 Å². The zero-order valence-corrected chi connectivity index (χ0v) is 15.7. The van der Waals surface area contributed by atoms with Gasteiger partial charge in [-0.05, 0) is 49.2 Å². The molecule has 1 aliphatic rings. The minimum Gasteiger partial charge on any atom is -0.454 e. The highest BCUT2D eigenvalue weighted by atomic mass is 16.7. The molecule has 0 atom stereocenters. The molecule has 6 heteroatoms. The second-order valence-electron chi connectivity index (χ2n) is 6.72. The SMILES string of the molecule is Cc1ccc(-n2ccc(C#N)c2C(=O)NCc2ccc3c(c2)OCO3)c(C)c1. The van der Waals surface area contributed by atoms with Crippen LogP contribution in [0.4, 0.5) is 0 Å². The quantitative estimate of drug-likeness (QED) is 0.758. The lowest BCUT2D eigenvalue weighted by Crippen LogP contribution is -2.26. The maximum absolute atomic E-state index is 12.9. The minimum atomic E-state index is -0.306. The summed E-state index contributed by atoms with van der Waals surface area (Å²) in [6, 6.07) is 15.3. The topological polar surface area (TPSA) is 76.3 Å². The monoisotopic (exact) mass is 373 g/mol. The third-order valence-electron chi connectivity index (χ3n) is 4.72. The van der Waals surface area contributed by atoms with Gasteiger partial charge < -0.3 is 19.4 Å². The first kappa shape index (κ1) is 17.7. The minimum absolute atomic E-state index is 0.208. The maximum Gasteiger partial charge on any atom is 0.269 e. The van der Waals surface area contributed by atoms with Gasteiger partial charge in [0.25, 0.3) is 5.91 Å². The standard InChI is InChI=1S/C22H19N3O3/c1-14-3-5-18(15(2)9-14)25-8-7-17(11-23)21(25)22(26)24-12-16-4-6-19-20(10-16)28-13-27-19/h3-10H,12-13H2,1-2H3,(H,24,26). The third kappa shape index (κ3) is 3.19. The number of hydrogen-bond donors (Lipinski definition) is 1. The van der Waals surface area contributed by atoms with E-state index in [4.69, 9.17) is 9.47 Å². The molecule has 6 nitrogen and oxygen atoms in total. The number of carbonyl (C=O) groups is 1. The van der Waals surface area contributed by atoms with Gasteiger partial charge in [0.05, 0.1) is 5.56 Å². The first-order valence-corrected chi connectivity index (χ1v) is 8.92. The molecule has 1 aromatic heterocycles. The van der Waals surface area contributed by atoms with E-state index in [1.54, 1.807) is 16.8 Å². The van der Waals surface area contributed by atoms with Crippen LogP contribution in [-0.2, 0) is 6.54 Å². The second kappa shape index (κ2) is 7.12. The lowest BCUT2D eigenvalue weighted by Gasteiger charge is -2.13. The highest BCUT2D eigenvalue weighted by Crippen LogP contribution is 2.32. The number of nitrogens with zero attached hydrogens (tertiary/aromatic N) is 2. The normalized spacial score (nSPS) is 11.9. The second-order valence-corrected chi connectivity index (χ2v) is 6.72. The molecule has 1 aliphatic heterocycles. The number of carbonyl (C=O) groups excluding carboxylic acids is 1. The number of hydrogen-bond acceptors (Lipinski definition) is 4. The van der Waals surface area contributed by atoms with E-state index in [1.807, 2.05) is 44.2 Å². The van der Waals surface area contributed by atoms with Crippen molar-refractivity contribution < 1.29 is 14.3 Å². The molecule has 4 rings (SSSR count). The van der Waals surface area contributed by atoms with Crippen LogP contribution >= 0.6 is 0 Å². The van der Waals surface area contributed by atoms with E-state index in [0.29, 0.717) is 29.3 Å². The van der Waals surface area contributed by atoms with Crippen molar-refractivity contribution in [2.24, 2.45) is 0 Å². The van der Waals surface area contributed by atoms with Gasteiger partial charge in [0.15, 0.2) is 11.5 Å². The molecule has 2 heterocycles. The van der Waals surface area contributed by atoms with Gasteiger partial charge in [-0.3, -0.25) is 4.79 Å². The third-order valence-corrected chi connectivity index (χ3v) is 4.72. The Hall–Kier alpha value is -3.72. The van der Waals surface area contributed by atoms with Crippen molar-refractivity contribution in [3.63, 3.8) is 0 Å². The van der Waals surface area contributed by atoms with Gasteiger partial charge in [-0.2, -0.15) is 5.26 Å². The van der Waals surface area contributed by atoms with Crippen LogP contribution in [0.1, 0.15) is 32.7 Å². The van der Waals surface area contributed by atoms with E-state index in [-0.39, 0.29) is 12.7 Å². The van der Waals surface area contributed by atoms with Gasteiger partial charge >= 0.3 is 0 Å². The summed E-state index contributed by atoms with van der Waals surface area (Å²) in [7, 11) is 0. The van der Waals surface area contributed by atoms with Crippen molar-refractivity contribution in [1.82, 2.24) is 9.88 Å². The van der Waals surface area contributed by atoms with E-state index in [9.17, 15) is 10.1 Å². The fourth-order valence-corrected chi connectivity index (χ4v) is 3.35. The average molecular weight is 373 g/mol. The highest BCUT2D eigenvalue weighted by molar-refractivity contribution is 5.96. The van der Waals surface area contributed by atoms with Gasteiger partial charge in [0.1, 0.15) is 11.8 Å². The average Bonchev–Trinajstić information content (AvgIpc) is 3.32. The molecule has 0 fully saturated rings. The van der Waals surface area contributed by atoms with E-state index in [2.05, 4.69) is 17.5 Å². The van der Waals surface area contributed by atoms with E-state index < -0.39 is 0 Å². The van der Waals surface area contributed by atoms with Crippen LogP contribution in [0.3, 0.4) is 0 Å². The molecule has 0 aliphatic carbocycles. The summed E-state index contributed by atoms with van der Waals surface area (Å²) in [4.78, 5) is 12.9. The highest BCUT2D eigenvalue weighted by Gasteiger charge is 2.20. The lowest BCUT2D eigenvalue weighted by atomic mass is 10.1. The Balaban J connectivity index is 1.60. The molecule has 1 amide bonds. The molecular weight excluding hydrogens is 354 g/mol. The van der Waals surface area contributed by atoms with Crippen LogP contribution in [0.25, 0.3) is 5.69 Å². The molecule has 0 bridgehead atoms. The lowest BCUT2D eigenvalue weighted by molar-refractivity contribution is 0.0944. The summed E-state index contributed by atoms with van der Waals surface area (Å²) >= 11 is 0. The van der Waals surface area contributed by atoms with Crippen molar-refractivity contribution in [3.05, 3.63) is 76.6 Å². The number of rotatable bonds is 4. The molecular formula is C22H19N3O3. The molecule has 0 radical (unpaired) electrons. The van der Waals surface area contributed by atoms with E-state index >= 15 is 0 Å². The van der Waals surface area contributed by atoms with Crippen molar-refractivity contribution >= 4 is 5.91 Å². The van der Waals surface area contributed by atoms with Crippen LogP contribution < -0.4 is 14.8 Å². The van der Waals surface area contributed by atoms with Gasteiger partial charge in [-0.25, -0.2) is 0 Å². The Kier molecular flexibility index (Phi) is 4.50. The number of ether oxygens (including phenoxy) is 2. The summed E-state index contributed by atoms with van der Waals surface area (Å²) in [6.45, 7) is 4.54. The number of benzene rings is 2. The van der Waals surface area contributed by atoms with Gasteiger partial charge in [-0.15, -0.1) is 0 Å². The maximum atomic E-state index is 12.9. The Morgan fingerprint density at radius 1 is 1.14 bits per heavy atom. The predicted octanol–water partition coefficient (Wildman–Crippen LogP) is 3.62. The first-order chi connectivity index (χ1) is 13.6. The number of nitriles is 1. The zero-order valence-electron chi connectivity index (χ0n) is 15.7. The Bertz CT molecular complexity index is 1110. The molecule has 28 heavy (non-hydrogen) atoms. The summed E-state index contributed by atoms with van der Waals surface area (Å²) in [5.41, 5.74) is 4.60. The molecule has 1 N–H and O–H groups in total. The summed E-state index contributed by atoms with van der Waals surface area (Å²) in [5, 5.41) is 12.4. The van der Waals surface area contributed by atoms with Crippen molar-refractivity contribution in [3.8, 4) is 23.3 Å². The van der Waals surface area contributed by atoms with Crippen molar-refractivity contribution in [1.29, 1.82) is 5.26 Å². The summed E-state index contributed by atoms with van der Waals surface area (Å²) < 4.78 is 12.4. The number of fused-ring (bicyclic) bond motifs is 1. The Morgan fingerprint density at radius 3 is 2.75 bits per heavy atom. The van der Waals surface area contributed by atoms with E-state index in [0.717, 1.165) is 22.4 Å². The fraction of sp³-hybridized carbons (Fsp3) is 0.182. The van der Waals surface area contributed by atoms with Gasteiger partial charge in [0.2, 0.25) is 6.79 Å². The van der Waals surface area contributed by atoms with Crippen LogP contribution in [-0.4, -0.2) is 17.3 Å². The summed E-state index contributed by atoms with van der Waals surface area (Å²) in [6.07, 6.45) is 1.76. The van der Waals surface area contributed by atoms with Crippen LogP contribution in [0, 0.1) is 25.2 Å². The molecule has 0 spiro atoms. The smallest absolute Gasteiger partial charge is 0.269 e. The number of aromatic nitrogens is 1. The molecule has 3 aromatic rings. The largest absolute Gasteiger partial charge is 0.454 e. The predicted molar refractivity (Wildman–Crippen MR) is 104 cm³/mol. The number of nitrogens with one attached hydrogen (secondary N) is 1. The Labute approximate surface area is 162 Å². The Morgan fingerprint density at radius 2 is 1.96 bits per heavy atom. The van der Waals surface area contributed by atoms with Gasteiger partial charge in [0, 0.05) is 18.4 Å². The molecule has 0 unspecified atom stereocenters. The summed E-state index contributed by atoms with van der Waals surface area (Å²) in [5.74, 6) is 1.06. The fourth-order valence-electron chi connectivity index (χ4n) is 3.35. The zero-order chi connectivity index (χ0) is 19.7. The van der Waals surface area contributed by atoms with Crippen LogP contribution in [0.5, 0.6) is 11.5 Å². The van der Waals surface area contributed by atoms with Crippen LogP contribution in [0.2, 0.25) is 0 Å². The number of amides is 1. The number of aryl methyl sites for hydroxylation is 2. The molecule has 140 valence electrons. The van der Waals surface area contributed by atoms with Crippen LogP contribution in [0.15, 0.2) is 48.7 Å². The van der Waals surface area contributed by atoms with Crippen molar-refractivity contribution in [2.75, 3.05) is 6.79 Å². The van der Waals surface area contributed by atoms with Crippen molar-refractivity contribution in [2.45, 2.75) is 20.4 Å². The van der Waals surface area contributed by atoms with E-state index in [1.165, 1.54) is 0 Å². The molecule has 0 saturated heterocycles.